The summed E-state index contributed by atoms with van der Waals surface area (Å²) in [4.78, 5) is 23.7. The van der Waals surface area contributed by atoms with Gasteiger partial charge in [0.1, 0.15) is 5.75 Å². The number of aryl methyl sites for hydroxylation is 2. The quantitative estimate of drug-likeness (QED) is 0.853. The van der Waals surface area contributed by atoms with Gasteiger partial charge in [-0.2, -0.15) is 0 Å². The second-order valence-corrected chi connectivity index (χ2v) is 5.28. The molecule has 0 saturated heterocycles. The third kappa shape index (κ3) is 4.57. The lowest BCUT2D eigenvalue weighted by Gasteiger charge is -2.08. The van der Waals surface area contributed by atoms with Crippen molar-refractivity contribution < 1.29 is 14.3 Å². The zero-order valence-corrected chi connectivity index (χ0v) is 13.5. The Hall–Kier alpha value is -2.82. The third-order valence-electron chi connectivity index (χ3n) is 3.58. The fourth-order valence-corrected chi connectivity index (χ4v) is 2.01. The van der Waals surface area contributed by atoms with Gasteiger partial charge in [-0.1, -0.05) is 18.2 Å². The Balaban J connectivity index is 1.89. The second kappa shape index (κ2) is 7.45. The van der Waals surface area contributed by atoms with Crippen LogP contribution in [0.5, 0.6) is 5.75 Å². The number of carbonyl (C=O) groups excluding carboxylic acids is 2. The van der Waals surface area contributed by atoms with Crippen molar-refractivity contribution in [2.75, 3.05) is 12.4 Å². The predicted molar refractivity (Wildman–Crippen MR) is 89.4 cm³/mol. The van der Waals surface area contributed by atoms with Crippen LogP contribution in [-0.4, -0.2) is 18.9 Å². The number of methoxy groups -OCH3 is 1. The van der Waals surface area contributed by atoms with Crippen LogP contribution >= 0.6 is 0 Å². The monoisotopic (exact) mass is 312 g/mol. The van der Waals surface area contributed by atoms with Gasteiger partial charge in [0.05, 0.1) is 7.11 Å². The molecule has 0 unspecified atom stereocenters. The molecule has 0 aliphatic rings. The van der Waals surface area contributed by atoms with E-state index in [1.807, 2.05) is 38.1 Å². The highest BCUT2D eigenvalue weighted by Crippen LogP contribution is 2.14. The number of hydrogen-bond acceptors (Lipinski definition) is 3. The van der Waals surface area contributed by atoms with Crippen LogP contribution in [0.4, 0.5) is 5.69 Å². The van der Waals surface area contributed by atoms with E-state index < -0.39 is 11.8 Å². The molecule has 0 heterocycles. The molecule has 0 aliphatic heterocycles. The molecule has 120 valence electrons. The van der Waals surface area contributed by atoms with Gasteiger partial charge in [0, 0.05) is 12.2 Å². The van der Waals surface area contributed by atoms with Gasteiger partial charge in [-0.15, -0.1) is 0 Å². The highest BCUT2D eigenvalue weighted by atomic mass is 16.5. The van der Waals surface area contributed by atoms with Gasteiger partial charge in [0.25, 0.3) is 0 Å². The van der Waals surface area contributed by atoms with Crippen molar-refractivity contribution in [2.45, 2.75) is 20.4 Å². The summed E-state index contributed by atoms with van der Waals surface area (Å²) in [5, 5.41) is 5.18. The van der Waals surface area contributed by atoms with Crippen molar-refractivity contribution >= 4 is 17.5 Å². The summed E-state index contributed by atoms with van der Waals surface area (Å²) < 4.78 is 5.07. The molecule has 0 aromatic heterocycles. The number of anilines is 1. The van der Waals surface area contributed by atoms with E-state index in [-0.39, 0.29) is 6.54 Å². The summed E-state index contributed by atoms with van der Waals surface area (Å²) in [6.07, 6.45) is 0. The van der Waals surface area contributed by atoms with Crippen molar-refractivity contribution in [3.05, 3.63) is 59.2 Å². The van der Waals surface area contributed by atoms with Gasteiger partial charge < -0.3 is 15.4 Å². The molecule has 0 spiro atoms. The number of ether oxygens (including phenoxy) is 1. The maximum Gasteiger partial charge on any atom is 0.313 e. The number of carbonyl (C=O) groups is 2. The van der Waals surface area contributed by atoms with E-state index in [4.69, 9.17) is 4.74 Å². The Morgan fingerprint density at radius 3 is 2.26 bits per heavy atom. The van der Waals surface area contributed by atoms with Gasteiger partial charge in [-0.3, -0.25) is 9.59 Å². The van der Waals surface area contributed by atoms with E-state index in [9.17, 15) is 9.59 Å². The summed E-state index contributed by atoms with van der Waals surface area (Å²) in [5.74, 6) is -0.603. The molecule has 0 radical (unpaired) electrons. The molecule has 0 atom stereocenters. The third-order valence-corrected chi connectivity index (χ3v) is 3.58. The van der Waals surface area contributed by atoms with Crippen molar-refractivity contribution in [1.82, 2.24) is 5.32 Å². The molecule has 2 rings (SSSR count). The molecule has 2 amide bonds. The SMILES string of the molecule is COc1ccc(CNC(=O)C(=O)Nc2ccc(C)c(C)c2)cc1. The van der Waals surface area contributed by atoms with Gasteiger partial charge in [0.15, 0.2) is 0 Å². The largest absolute Gasteiger partial charge is 0.497 e. The lowest BCUT2D eigenvalue weighted by atomic mass is 10.1. The van der Waals surface area contributed by atoms with Crippen LogP contribution in [0.3, 0.4) is 0 Å². The zero-order chi connectivity index (χ0) is 16.8. The number of rotatable bonds is 4. The van der Waals surface area contributed by atoms with Crippen LogP contribution < -0.4 is 15.4 Å². The second-order valence-electron chi connectivity index (χ2n) is 5.28. The first-order chi connectivity index (χ1) is 11.0. The minimum atomic E-state index is -0.679. The Morgan fingerprint density at radius 1 is 0.957 bits per heavy atom. The first-order valence-corrected chi connectivity index (χ1v) is 7.29. The van der Waals surface area contributed by atoms with Crippen LogP contribution in [0.15, 0.2) is 42.5 Å². The van der Waals surface area contributed by atoms with Crippen molar-refractivity contribution in [3.8, 4) is 5.75 Å². The highest BCUT2D eigenvalue weighted by molar-refractivity contribution is 6.39. The minimum absolute atomic E-state index is 0.281. The fourth-order valence-electron chi connectivity index (χ4n) is 2.01. The van der Waals surface area contributed by atoms with Gasteiger partial charge >= 0.3 is 11.8 Å². The summed E-state index contributed by atoms with van der Waals surface area (Å²) in [6.45, 7) is 4.22. The van der Waals surface area contributed by atoms with Crippen molar-refractivity contribution in [3.63, 3.8) is 0 Å². The molecule has 2 N–H and O–H groups in total. The first kappa shape index (κ1) is 16.5. The lowest BCUT2D eigenvalue weighted by Crippen LogP contribution is -2.34. The van der Waals surface area contributed by atoms with Crippen LogP contribution in [0.25, 0.3) is 0 Å². The Kier molecular flexibility index (Phi) is 5.36. The predicted octanol–water partition coefficient (Wildman–Crippen LogP) is 2.57. The average molecular weight is 312 g/mol. The molecule has 0 bridgehead atoms. The number of hydrogen-bond donors (Lipinski definition) is 2. The maximum atomic E-state index is 11.9. The zero-order valence-electron chi connectivity index (χ0n) is 13.5. The van der Waals surface area contributed by atoms with Crippen molar-refractivity contribution in [1.29, 1.82) is 0 Å². The van der Waals surface area contributed by atoms with E-state index in [1.165, 1.54) is 0 Å². The van der Waals surface area contributed by atoms with E-state index in [2.05, 4.69) is 10.6 Å². The summed E-state index contributed by atoms with van der Waals surface area (Å²) in [7, 11) is 1.59. The van der Waals surface area contributed by atoms with Gasteiger partial charge in [0.2, 0.25) is 0 Å². The smallest absolute Gasteiger partial charge is 0.313 e. The number of amides is 2. The molecule has 5 nitrogen and oxygen atoms in total. The molecule has 23 heavy (non-hydrogen) atoms. The lowest BCUT2D eigenvalue weighted by molar-refractivity contribution is -0.136. The highest BCUT2D eigenvalue weighted by Gasteiger charge is 2.13. The van der Waals surface area contributed by atoms with Crippen LogP contribution in [0.1, 0.15) is 16.7 Å². The molecule has 5 heteroatoms. The van der Waals surface area contributed by atoms with Gasteiger partial charge in [-0.05, 0) is 54.8 Å². The maximum absolute atomic E-state index is 11.9. The molecule has 2 aromatic rings. The number of benzene rings is 2. The standard InChI is InChI=1S/C18H20N2O3/c1-12-4-7-15(10-13(12)2)20-18(22)17(21)19-11-14-5-8-16(23-3)9-6-14/h4-10H,11H2,1-3H3,(H,19,21)(H,20,22). The Bertz CT molecular complexity index is 709. The number of nitrogens with one attached hydrogen (secondary N) is 2. The summed E-state index contributed by atoms with van der Waals surface area (Å²) >= 11 is 0. The Morgan fingerprint density at radius 2 is 1.65 bits per heavy atom. The molecule has 0 saturated carbocycles. The van der Waals surface area contributed by atoms with Crippen molar-refractivity contribution in [2.24, 2.45) is 0 Å². The van der Waals surface area contributed by atoms with Crippen LogP contribution in [0, 0.1) is 13.8 Å². The average Bonchev–Trinajstić information content (AvgIpc) is 2.56. The van der Waals surface area contributed by atoms with E-state index in [0.29, 0.717) is 5.69 Å². The minimum Gasteiger partial charge on any atom is -0.497 e. The molecule has 0 fully saturated rings. The molecule has 0 aliphatic carbocycles. The normalized spacial score (nSPS) is 10.0. The van der Waals surface area contributed by atoms with E-state index in [0.717, 1.165) is 22.4 Å². The van der Waals surface area contributed by atoms with E-state index >= 15 is 0 Å². The van der Waals surface area contributed by atoms with E-state index in [1.54, 1.807) is 25.3 Å². The fraction of sp³-hybridized carbons (Fsp3) is 0.222. The van der Waals surface area contributed by atoms with Gasteiger partial charge in [-0.25, -0.2) is 0 Å². The first-order valence-electron chi connectivity index (χ1n) is 7.29. The van der Waals surface area contributed by atoms with Crippen LogP contribution in [-0.2, 0) is 16.1 Å². The topological polar surface area (TPSA) is 67.4 Å². The molecule has 2 aromatic carbocycles. The summed E-state index contributed by atoms with van der Waals surface area (Å²) in [6, 6.07) is 12.8. The molecular formula is C18H20N2O3. The van der Waals surface area contributed by atoms with Crippen LogP contribution in [0.2, 0.25) is 0 Å². The Labute approximate surface area is 135 Å². The summed E-state index contributed by atoms with van der Waals surface area (Å²) in [5.41, 5.74) is 3.68. The molecular weight excluding hydrogens is 292 g/mol.